The highest BCUT2D eigenvalue weighted by Crippen LogP contribution is 2.24. The quantitative estimate of drug-likeness (QED) is 0.824. The summed E-state index contributed by atoms with van der Waals surface area (Å²) in [6, 6.07) is 12.2. The Labute approximate surface area is 121 Å². The number of hydrogen-bond acceptors (Lipinski definition) is 2. The summed E-state index contributed by atoms with van der Waals surface area (Å²) in [5.41, 5.74) is 11.6. The summed E-state index contributed by atoms with van der Waals surface area (Å²) < 4.78 is 5.89. The first kappa shape index (κ1) is 14.4. The number of aryl methyl sites for hydroxylation is 1. The Balaban J connectivity index is 2.11. The predicted octanol–water partition coefficient (Wildman–Crippen LogP) is 4.59. The summed E-state index contributed by atoms with van der Waals surface area (Å²) in [5, 5.41) is 0. The summed E-state index contributed by atoms with van der Waals surface area (Å²) in [4.78, 5) is 0. The molecule has 106 valence electrons. The van der Waals surface area contributed by atoms with Crippen LogP contribution in [0.4, 0.5) is 5.69 Å². The molecule has 2 aromatic rings. The van der Waals surface area contributed by atoms with Crippen LogP contribution < -0.4 is 10.5 Å². The van der Waals surface area contributed by atoms with Crippen molar-refractivity contribution in [3.63, 3.8) is 0 Å². The van der Waals surface area contributed by atoms with Gasteiger partial charge >= 0.3 is 0 Å². The average Bonchev–Trinajstić information content (AvgIpc) is 2.40. The third-order valence-electron chi connectivity index (χ3n) is 3.75. The lowest BCUT2D eigenvalue weighted by atomic mass is 9.98. The van der Waals surface area contributed by atoms with Crippen LogP contribution in [0.5, 0.6) is 5.75 Å². The molecule has 0 spiro atoms. The van der Waals surface area contributed by atoms with Crippen LogP contribution in [0, 0.1) is 13.8 Å². The first-order valence-electron chi connectivity index (χ1n) is 7.06. The maximum Gasteiger partial charge on any atom is 0.120 e. The van der Waals surface area contributed by atoms with E-state index >= 15 is 0 Å². The van der Waals surface area contributed by atoms with Crippen LogP contribution in [0.2, 0.25) is 0 Å². The van der Waals surface area contributed by atoms with Gasteiger partial charge in [-0.3, -0.25) is 0 Å². The number of benzene rings is 2. The van der Waals surface area contributed by atoms with Crippen LogP contribution in [-0.4, -0.2) is 0 Å². The lowest BCUT2D eigenvalue weighted by Crippen LogP contribution is -2.01. The van der Waals surface area contributed by atoms with Gasteiger partial charge in [-0.15, -0.1) is 0 Å². The number of anilines is 1. The molecule has 2 nitrogen and oxygen atoms in total. The first-order chi connectivity index (χ1) is 9.49. The predicted molar refractivity (Wildman–Crippen MR) is 85.2 cm³/mol. The Morgan fingerprint density at radius 1 is 1.10 bits per heavy atom. The molecule has 2 N–H and O–H groups in total. The van der Waals surface area contributed by atoms with Gasteiger partial charge in [0.15, 0.2) is 0 Å². The molecular formula is C18H23NO. The molecule has 0 amide bonds. The van der Waals surface area contributed by atoms with Gasteiger partial charge in [0.1, 0.15) is 12.4 Å². The van der Waals surface area contributed by atoms with E-state index in [1.165, 1.54) is 11.1 Å². The number of hydrogen-bond donors (Lipinski definition) is 1. The van der Waals surface area contributed by atoms with Crippen LogP contribution in [0.3, 0.4) is 0 Å². The highest BCUT2D eigenvalue weighted by atomic mass is 16.5. The number of nitrogens with two attached hydrogens (primary N) is 1. The Kier molecular flexibility index (Phi) is 4.33. The molecule has 0 aliphatic carbocycles. The SMILES string of the molecule is Cc1cc(OCc2cccc(N)c2C)ccc1C(C)C. The standard InChI is InChI=1S/C18H23NO/c1-12(2)17-9-8-16(10-13(17)3)20-11-15-6-5-7-18(19)14(15)4/h5-10,12H,11,19H2,1-4H3. The van der Waals surface area contributed by atoms with Crippen LogP contribution in [0.25, 0.3) is 0 Å². The van der Waals surface area contributed by atoms with Crippen molar-refractivity contribution < 1.29 is 4.74 Å². The normalized spacial score (nSPS) is 10.8. The van der Waals surface area contributed by atoms with E-state index in [-0.39, 0.29) is 0 Å². The molecule has 0 unspecified atom stereocenters. The molecule has 0 atom stereocenters. The van der Waals surface area contributed by atoms with Gasteiger partial charge in [0.2, 0.25) is 0 Å². The van der Waals surface area contributed by atoms with Crippen molar-refractivity contribution >= 4 is 5.69 Å². The molecule has 0 saturated heterocycles. The van der Waals surface area contributed by atoms with Crippen molar-refractivity contribution in [3.8, 4) is 5.75 Å². The lowest BCUT2D eigenvalue weighted by Gasteiger charge is -2.13. The lowest BCUT2D eigenvalue weighted by molar-refractivity contribution is 0.305. The minimum atomic E-state index is 0.542. The fourth-order valence-electron chi connectivity index (χ4n) is 2.41. The molecule has 0 bridgehead atoms. The van der Waals surface area contributed by atoms with Gasteiger partial charge in [-0.25, -0.2) is 0 Å². The van der Waals surface area contributed by atoms with E-state index < -0.39 is 0 Å². The second kappa shape index (κ2) is 6.00. The minimum Gasteiger partial charge on any atom is -0.489 e. The monoisotopic (exact) mass is 269 g/mol. The minimum absolute atomic E-state index is 0.542. The van der Waals surface area contributed by atoms with E-state index in [9.17, 15) is 0 Å². The maximum atomic E-state index is 5.91. The maximum absolute atomic E-state index is 5.91. The summed E-state index contributed by atoms with van der Waals surface area (Å²) in [7, 11) is 0. The van der Waals surface area contributed by atoms with Gasteiger partial charge in [0.05, 0.1) is 0 Å². The summed E-state index contributed by atoms with van der Waals surface area (Å²) >= 11 is 0. The Bertz CT molecular complexity index is 602. The van der Waals surface area contributed by atoms with Gasteiger partial charge in [-0.05, 0) is 60.2 Å². The van der Waals surface area contributed by atoms with Crippen LogP contribution in [0.15, 0.2) is 36.4 Å². The third-order valence-corrected chi connectivity index (χ3v) is 3.75. The third kappa shape index (κ3) is 3.13. The molecule has 0 aliphatic heterocycles. The number of ether oxygens (including phenoxy) is 1. The topological polar surface area (TPSA) is 35.2 Å². The van der Waals surface area contributed by atoms with Crippen molar-refractivity contribution in [2.75, 3.05) is 5.73 Å². The van der Waals surface area contributed by atoms with E-state index in [0.717, 1.165) is 22.6 Å². The van der Waals surface area contributed by atoms with Crippen molar-refractivity contribution in [2.24, 2.45) is 0 Å². The molecular weight excluding hydrogens is 246 g/mol. The number of rotatable bonds is 4. The molecule has 2 heteroatoms. The largest absolute Gasteiger partial charge is 0.489 e. The second-order valence-electron chi connectivity index (χ2n) is 5.59. The molecule has 20 heavy (non-hydrogen) atoms. The fourth-order valence-corrected chi connectivity index (χ4v) is 2.41. The van der Waals surface area contributed by atoms with E-state index in [1.807, 2.05) is 25.1 Å². The van der Waals surface area contributed by atoms with Crippen LogP contribution in [0.1, 0.15) is 42.0 Å². The zero-order valence-corrected chi connectivity index (χ0v) is 12.7. The highest BCUT2D eigenvalue weighted by Gasteiger charge is 2.06. The van der Waals surface area contributed by atoms with Gasteiger partial charge in [-0.1, -0.05) is 32.0 Å². The molecule has 0 saturated carbocycles. The fraction of sp³-hybridized carbons (Fsp3) is 0.333. The first-order valence-corrected chi connectivity index (χ1v) is 7.06. The molecule has 2 rings (SSSR count). The highest BCUT2D eigenvalue weighted by molar-refractivity contribution is 5.49. The van der Waals surface area contributed by atoms with Crippen molar-refractivity contribution in [3.05, 3.63) is 58.7 Å². The average molecular weight is 269 g/mol. The summed E-state index contributed by atoms with van der Waals surface area (Å²) in [6.45, 7) is 9.13. The molecule has 0 heterocycles. The van der Waals surface area contributed by atoms with Crippen molar-refractivity contribution in [1.82, 2.24) is 0 Å². The molecule has 0 fully saturated rings. The Hall–Kier alpha value is -1.96. The van der Waals surface area contributed by atoms with Crippen molar-refractivity contribution in [2.45, 2.75) is 40.2 Å². The van der Waals surface area contributed by atoms with Gasteiger partial charge in [-0.2, -0.15) is 0 Å². The zero-order valence-electron chi connectivity index (χ0n) is 12.7. The van der Waals surface area contributed by atoms with Crippen molar-refractivity contribution in [1.29, 1.82) is 0 Å². The Morgan fingerprint density at radius 2 is 1.85 bits per heavy atom. The molecule has 0 radical (unpaired) electrons. The van der Waals surface area contributed by atoms with E-state index in [0.29, 0.717) is 12.5 Å². The summed E-state index contributed by atoms with van der Waals surface area (Å²) in [5.74, 6) is 1.45. The van der Waals surface area contributed by atoms with Gasteiger partial charge < -0.3 is 10.5 Å². The van der Waals surface area contributed by atoms with E-state index in [1.54, 1.807) is 0 Å². The van der Waals surface area contributed by atoms with E-state index in [2.05, 4.69) is 39.0 Å². The van der Waals surface area contributed by atoms with Gasteiger partial charge in [0.25, 0.3) is 0 Å². The molecule has 0 aliphatic rings. The molecule has 2 aromatic carbocycles. The van der Waals surface area contributed by atoms with E-state index in [4.69, 9.17) is 10.5 Å². The number of nitrogen functional groups attached to an aromatic ring is 1. The van der Waals surface area contributed by atoms with Crippen LogP contribution >= 0.6 is 0 Å². The smallest absolute Gasteiger partial charge is 0.120 e. The molecule has 0 aromatic heterocycles. The summed E-state index contributed by atoms with van der Waals surface area (Å²) in [6.07, 6.45) is 0. The second-order valence-corrected chi connectivity index (χ2v) is 5.59. The van der Waals surface area contributed by atoms with Crippen LogP contribution in [-0.2, 0) is 6.61 Å². The Morgan fingerprint density at radius 3 is 2.50 bits per heavy atom. The zero-order chi connectivity index (χ0) is 14.7. The van der Waals surface area contributed by atoms with Gasteiger partial charge in [0, 0.05) is 5.69 Å².